The molecule has 2 aromatic rings. The van der Waals surface area contributed by atoms with Gasteiger partial charge in [-0.1, -0.05) is 6.92 Å². The second-order valence-electron chi connectivity index (χ2n) is 4.89. The van der Waals surface area contributed by atoms with Gasteiger partial charge in [0.05, 0.1) is 12.4 Å². The number of ether oxygens (including phenoxy) is 1. The Kier molecular flexibility index (Phi) is 3.47. The number of aliphatic hydroxyl groups excluding tert-OH is 2. The van der Waals surface area contributed by atoms with Crippen LogP contribution in [0.25, 0.3) is 11.2 Å². The van der Waals surface area contributed by atoms with Crippen molar-refractivity contribution in [1.82, 2.24) is 19.5 Å². The monoisotopic (exact) mass is 296 g/mol. The van der Waals surface area contributed by atoms with Gasteiger partial charge in [-0.15, -0.1) is 0 Å². The van der Waals surface area contributed by atoms with Crippen molar-refractivity contribution in [2.24, 2.45) is 0 Å². The maximum absolute atomic E-state index is 13.3. The Bertz CT molecular complexity index is 664. The Morgan fingerprint density at radius 3 is 2.90 bits per heavy atom. The molecule has 1 unspecified atom stereocenters. The van der Waals surface area contributed by atoms with Crippen molar-refractivity contribution in [3.8, 4) is 0 Å². The molecule has 4 atom stereocenters. The van der Waals surface area contributed by atoms with Gasteiger partial charge in [0, 0.05) is 0 Å². The zero-order chi connectivity index (χ0) is 15.1. The summed E-state index contributed by atoms with van der Waals surface area (Å²) in [7, 11) is 0. The van der Waals surface area contributed by atoms with E-state index < -0.39 is 30.6 Å². The highest BCUT2D eigenvalue weighted by molar-refractivity contribution is 5.81. The van der Waals surface area contributed by atoms with E-state index in [1.165, 1.54) is 10.9 Å². The molecule has 3 rings (SSSR count). The van der Waals surface area contributed by atoms with E-state index in [1.807, 2.05) is 13.3 Å². The molecule has 3 heterocycles. The number of nitrogen functional groups attached to an aromatic ring is 1. The molecule has 0 bridgehead atoms. The van der Waals surface area contributed by atoms with Gasteiger partial charge < -0.3 is 20.7 Å². The second-order valence-corrected chi connectivity index (χ2v) is 4.89. The summed E-state index contributed by atoms with van der Waals surface area (Å²) in [6, 6.07) is 0. The van der Waals surface area contributed by atoms with Crippen LogP contribution in [-0.4, -0.2) is 48.0 Å². The molecule has 4 N–H and O–H groups in total. The first-order valence-corrected chi connectivity index (χ1v) is 6.48. The lowest BCUT2D eigenvalue weighted by atomic mass is 10.1. The first kappa shape index (κ1) is 14.1. The Labute approximate surface area is 119 Å². The molecule has 9 heteroatoms. The number of hydrogen-bond donors (Lipinski definition) is 3. The number of halogens is 1. The molecule has 0 aromatic carbocycles. The minimum atomic E-state index is -1.17. The van der Waals surface area contributed by atoms with E-state index >= 15 is 0 Å². The van der Waals surface area contributed by atoms with Crippen molar-refractivity contribution in [3.63, 3.8) is 0 Å². The van der Waals surface area contributed by atoms with Crippen molar-refractivity contribution < 1.29 is 19.3 Å². The fourth-order valence-electron chi connectivity index (χ4n) is 2.48. The maximum Gasteiger partial charge on any atom is 0.312 e. The second kappa shape index (κ2) is 5.17. The molecular weight excluding hydrogens is 281 g/mol. The molecule has 8 nitrogen and oxygen atoms in total. The van der Waals surface area contributed by atoms with Crippen LogP contribution >= 0.6 is 0 Å². The van der Waals surface area contributed by atoms with Crippen molar-refractivity contribution in [1.29, 1.82) is 0 Å². The molecule has 1 radical (unpaired) electrons. The number of hydrogen-bond acceptors (Lipinski definition) is 7. The minimum absolute atomic E-state index is 0.0947. The first-order valence-electron chi connectivity index (χ1n) is 6.48. The predicted octanol–water partition coefficient (Wildman–Crippen LogP) is -0.219. The number of nitrogens with two attached hydrogens (primary N) is 1. The molecule has 1 aliphatic heterocycles. The van der Waals surface area contributed by atoms with Crippen LogP contribution in [0.3, 0.4) is 0 Å². The summed E-state index contributed by atoms with van der Waals surface area (Å²) in [4.78, 5) is 11.0. The molecule has 21 heavy (non-hydrogen) atoms. The van der Waals surface area contributed by atoms with Crippen molar-refractivity contribution in [2.75, 3.05) is 5.73 Å². The Morgan fingerprint density at radius 1 is 1.43 bits per heavy atom. The van der Waals surface area contributed by atoms with Crippen LogP contribution in [0.5, 0.6) is 0 Å². The van der Waals surface area contributed by atoms with Crippen LogP contribution in [-0.2, 0) is 4.74 Å². The van der Waals surface area contributed by atoms with E-state index in [4.69, 9.17) is 10.5 Å². The average molecular weight is 296 g/mol. The lowest BCUT2D eigenvalue weighted by Crippen LogP contribution is -2.31. The van der Waals surface area contributed by atoms with Crippen molar-refractivity contribution >= 4 is 17.0 Å². The van der Waals surface area contributed by atoms with Gasteiger partial charge in [0.2, 0.25) is 0 Å². The number of aromatic nitrogens is 4. The van der Waals surface area contributed by atoms with Crippen LogP contribution in [0.15, 0.2) is 6.33 Å². The topological polar surface area (TPSA) is 119 Å². The van der Waals surface area contributed by atoms with Gasteiger partial charge in [0.15, 0.2) is 23.2 Å². The quantitative estimate of drug-likeness (QED) is 0.670. The third kappa shape index (κ3) is 2.23. The molecule has 0 spiro atoms. The van der Waals surface area contributed by atoms with E-state index in [0.717, 1.165) is 0 Å². The summed E-state index contributed by atoms with van der Waals surface area (Å²) in [5, 5.41) is 20.1. The summed E-state index contributed by atoms with van der Waals surface area (Å²) < 4.78 is 20.3. The lowest BCUT2D eigenvalue weighted by molar-refractivity contribution is -0.0347. The lowest BCUT2D eigenvalue weighted by Gasteiger charge is -2.16. The fraction of sp³-hybridized carbons (Fsp3) is 0.500. The Balaban J connectivity index is 2.01. The molecule has 0 aliphatic carbocycles. The third-order valence-corrected chi connectivity index (χ3v) is 3.50. The van der Waals surface area contributed by atoms with E-state index in [9.17, 15) is 14.6 Å². The van der Waals surface area contributed by atoms with Crippen LogP contribution in [0, 0.1) is 12.5 Å². The number of fused-ring (bicyclic) bond motifs is 1. The Morgan fingerprint density at radius 2 is 2.19 bits per heavy atom. The van der Waals surface area contributed by atoms with E-state index in [1.54, 1.807) is 0 Å². The van der Waals surface area contributed by atoms with Crippen LogP contribution < -0.4 is 5.73 Å². The molecule has 1 saturated heterocycles. The molecule has 113 valence electrons. The van der Waals surface area contributed by atoms with Gasteiger partial charge >= 0.3 is 6.08 Å². The number of aliphatic hydroxyl groups is 2. The molecule has 1 aliphatic rings. The molecule has 1 fully saturated rings. The maximum atomic E-state index is 13.3. The third-order valence-electron chi connectivity index (χ3n) is 3.50. The normalized spacial score (nSPS) is 29.3. The standard InChI is InChI=1S/C12H15FN5O3/c1-2-3-5-7(19)8(20)11(21-5)18-4-15-6-9(14)16-12(13)17-10(6)18/h2,4-5,7-8,11,19-20H,3H2,1H3,(H2,14,16,17)/t5-,7-,8+,11?/m1/s1. The largest absolute Gasteiger partial charge is 0.388 e. The fourth-order valence-corrected chi connectivity index (χ4v) is 2.48. The van der Waals surface area contributed by atoms with E-state index in [-0.39, 0.29) is 17.0 Å². The van der Waals surface area contributed by atoms with E-state index in [0.29, 0.717) is 6.42 Å². The van der Waals surface area contributed by atoms with Crippen LogP contribution in [0.1, 0.15) is 19.6 Å². The minimum Gasteiger partial charge on any atom is -0.388 e. The average Bonchev–Trinajstić information content (AvgIpc) is 2.96. The van der Waals surface area contributed by atoms with Gasteiger partial charge in [0.1, 0.15) is 12.2 Å². The summed E-state index contributed by atoms with van der Waals surface area (Å²) >= 11 is 0. The van der Waals surface area contributed by atoms with Crippen LogP contribution in [0.2, 0.25) is 0 Å². The number of nitrogens with zero attached hydrogens (tertiary/aromatic N) is 4. The molecule has 0 amide bonds. The molecular formula is C12H15FN5O3. The predicted molar refractivity (Wildman–Crippen MR) is 70.2 cm³/mol. The van der Waals surface area contributed by atoms with Crippen molar-refractivity contribution in [2.45, 2.75) is 37.9 Å². The number of imidazole rings is 1. The molecule has 0 saturated carbocycles. The Hall–Kier alpha value is -1.84. The number of anilines is 1. The zero-order valence-corrected chi connectivity index (χ0v) is 11.2. The smallest absolute Gasteiger partial charge is 0.312 e. The SMILES string of the molecule is C[CH]C[C@H]1OC(n2cnc3c(N)nc(F)nc32)[C@@H](O)[C@@H]1O. The van der Waals surface area contributed by atoms with Crippen LogP contribution in [0.4, 0.5) is 10.2 Å². The van der Waals surface area contributed by atoms with Gasteiger partial charge in [-0.25, -0.2) is 4.98 Å². The molecule has 2 aromatic heterocycles. The highest BCUT2D eigenvalue weighted by atomic mass is 19.1. The summed E-state index contributed by atoms with van der Waals surface area (Å²) in [6.45, 7) is 1.83. The summed E-state index contributed by atoms with van der Waals surface area (Å²) in [6.07, 6.45) is -1.04. The summed E-state index contributed by atoms with van der Waals surface area (Å²) in [5.41, 5.74) is 5.91. The first-order chi connectivity index (χ1) is 10.0. The number of rotatable bonds is 3. The van der Waals surface area contributed by atoms with E-state index in [2.05, 4.69) is 15.0 Å². The van der Waals surface area contributed by atoms with Crippen molar-refractivity contribution in [3.05, 3.63) is 18.8 Å². The highest BCUT2D eigenvalue weighted by Crippen LogP contribution is 2.33. The zero-order valence-electron chi connectivity index (χ0n) is 11.2. The van der Waals surface area contributed by atoms with Gasteiger partial charge in [-0.2, -0.15) is 14.4 Å². The van der Waals surface area contributed by atoms with Gasteiger partial charge in [-0.3, -0.25) is 4.57 Å². The van der Waals surface area contributed by atoms with Gasteiger partial charge in [-0.05, 0) is 12.8 Å². The summed E-state index contributed by atoms with van der Waals surface area (Å²) in [5.74, 6) is -0.0947. The van der Waals surface area contributed by atoms with Gasteiger partial charge in [0.25, 0.3) is 0 Å². The highest BCUT2D eigenvalue weighted by Gasteiger charge is 2.43.